The van der Waals surface area contributed by atoms with Crippen molar-refractivity contribution < 1.29 is 4.79 Å². The highest BCUT2D eigenvalue weighted by atomic mass is 16.2. The zero-order valence-corrected chi connectivity index (χ0v) is 16.2. The zero-order valence-electron chi connectivity index (χ0n) is 16.2. The summed E-state index contributed by atoms with van der Waals surface area (Å²) in [6.07, 6.45) is 10.9. The average Bonchev–Trinajstić information content (AvgIpc) is 3.31. The fourth-order valence-corrected chi connectivity index (χ4v) is 5.50. The Bertz CT molecular complexity index is 824. The van der Waals surface area contributed by atoms with Gasteiger partial charge in [-0.15, -0.1) is 0 Å². The van der Waals surface area contributed by atoms with Crippen molar-refractivity contribution in [3.63, 3.8) is 0 Å². The number of piperidine rings is 1. The maximum Gasteiger partial charge on any atom is 0.225 e. The van der Waals surface area contributed by atoms with Gasteiger partial charge in [0.2, 0.25) is 5.91 Å². The number of carbonyl (C=O) groups is 1. The van der Waals surface area contributed by atoms with E-state index in [0.717, 1.165) is 67.7 Å². The van der Waals surface area contributed by atoms with Gasteiger partial charge >= 0.3 is 0 Å². The molecular weight excluding hydrogens is 338 g/mol. The van der Waals surface area contributed by atoms with Crippen molar-refractivity contribution in [3.8, 4) is 0 Å². The molecule has 3 fully saturated rings. The number of aryl methyl sites for hydroxylation is 1. The Hall–Kier alpha value is -2.11. The fraction of sp³-hybridized carbons (Fsp3) is 0.667. The molecule has 0 aromatic carbocycles. The first-order valence-electron chi connectivity index (χ1n) is 10.5. The number of anilines is 1. The second-order valence-electron chi connectivity index (χ2n) is 8.67. The number of carbonyl (C=O) groups excluding carboxylic acids is 1. The fourth-order valence-electron chi connectivity index (χ4n) is 5.50. The minimum absolute atomic E-state index is 0.189. The van der Waals surface area contributed by atoms with E-state index in [0.29, 0.717) is 5.91 Å². The van der Waals surface area contributed by atoms with E-state index < -0.39 is 0 Å². The predicted octanol–water partition coefficient (Wildman–Crippen LogP) is 2.83. The second kappa shape index (κ2) is 6.80. The molecule has 6 heteroatoms. The van der Waals surface area contributed by atoms with E-state index in [1.54, 1.807) is 6.33 Å². The molecule has 0 bridgehead atoms. The molecule has 0 N–H and O–H groups in total. The standard InChI is InChI=1S/C21H29N5O/c1-24-9-8-18-19(24)22-14-23-20(18)25-10-6-15(7-11-25)21(27)26-12-16-4-2-3-5-17(16)13-26/h8-9,14-17H,2-7,10-13H2,1H3. The van der Waals surface area contributed by atoms with Gasteiger partial charge in [-0.1, -0.05) is 12.8 Å². The molecule has 2 aromatic heterocycles. The lowest BCUT2D eigenvalue weighted by atomic mass is 9.82. The Morgan fingerprint density at radius 2 is 1.74 bits per heavy atom. The van der Waals surface area contributed by atoms with E-state index >= 15 is 0 Å². The van der Waals surface area contributed by atoms with Gasteiger partial charge in [-0.3, -0.25) is 4.79 Å². The minimum Gasteiger partial charge on any atom is -0.356 e. The van der Waals surface area contributed by atoms with Crippen LogP contribution in [0.5, 0.6) is 0 Å². The maximum atomic E-state index is 13.1. The second-order valence-corrected chi connectivity index (χ2v) is 8.67. The largest absolute Gasteiger partial charge is 0.356 e. The molecular formula is C21H29N5O. The summed E-state index contributed by atoms with van der Waals surface area (Å²) in [4.78, 5) is 26.5. The summed E-state index contributed by atoms with van der Waals surface area (Å²) in [6, 6.07) is 2.09. The SMILES string of the molecule is Cn1ccc2c(N3CCC(C(=O)N4CC5CCCCC5C4)CC3)ncnc21. The zero-order chi connectivity index (χ0) is 18.4. The monoisotopic (exact) mass is 367 g/mol. The van der Waals surface area contributed by atoms with Crippen LogP contribution < -0.4 is 4.90 Å². The molecule has 0 spiro atoms. The third-order valence-electron chi connectivity index (χ3n) is 7.07. The van der Waals surface area contributed by atoms with Crippen LogP contribution in [-0.2, 0) is 11.8 Å². The van der Waals surface area contributed by atoms with Crippen molar-refractivity contribution in [2.24, 2.45) is 24.8 Å². The van der Waals surface area contributed by atoms with Crippen LogP contribution in [0.4, 0.5) is 5.82 Å². The number of nitrogens with zero attached hydrogens (tertiary/aromatic N) is 5. The van der Waals surface area contributed by atoms with Crippen LogP contribution in [0.3, 0.4) is 0 Å². The van der Waals surface area contributed by atoms with E-state index in [4.69, 9.17) is 0 Å². The maximum absolute atomic E-state index is 13.1. The third-order valence-corrected chi connectivity index (χ3v) is 7.07. The molecule has 2 aliphatic heterocycles. The lowest BCUT2D eigenvalue weighted by molar-refractivity contribution is -0.135. The molecule has 6 nitrogen and oxygen atoms in total. The number of aromatic nitrogens is 3. The molecule has 4 heterocycles. The number of fused-ring (bicyclic) bond motifs is 2. The molecule has 1 amide bonds. The minimum atomic E-state index is 0.189. The summed E-state index contributed by atoms with van der Waals surface area (Å²) in [5.41, 5.74) is 0.970. The normalized spacial score (nSPS) is 26.6. The Morgan fingerprint density at radius 1 is 1.04 bits per heavy atom. The van der Waals surface area contributed by atoms with E-state index in [1.165, 1.54) is 25.7 Å². The van der Waals surface area contributed by atoms with Gasteiger partial charge in [-0.2, -0.15) is 0 Å². The Balaban J connectivity index is 1.24. The van der Waals surface area contributed by atoms with Gasteiger partial charge < -0.3 is 14.4 Å². The van der Waals surface area contributed by atoms with E-state index in [2.05, 4.69) is 25.8 Å². The number of amides is 1. The number of hydrogen-bond donors (Lipinski definition) is 0. The Labute approximate surface area is 160 Å². The van der Waals surface area contributed by atoms with Crippen LogP contribution in [0.15, 0.2) is 18.6 Å². The summed E-state index contributed by atoms with van der Waals surface area (Å²) in [5, 5.41) is 1.10. The molecule has 2 unspecified atom stereocenters. The summed E-state index contributed by atoms with van der Waals surface area (Å²) in [5.74, 6) is 3.16. The number of likely N-dealkylation sites (tertiary alicyclic amines) is 1. The van der Waals surface area contributed by atoms with Crippen LogP contribution in [0, 0.1) is 17.8 Å². The van der Waals surface area contributed by atoms with Crippen molar-refractivity contribution in [2.75, 3.05) is 31.1 Å². The highest BCUT2D eigenvalue weighted by Gasteiger charge is 2.39. The Kier molecular flexibility index (Phi) is 4.29. The van der Waals surface area contributed by atoms with E-state index in [-0.39, 0.29) is 5.92 Å². The molecule has 1 aliphatic carbocycles. The summed E-state index contributed by atoms with van der Waals surface area (Å²) in [6.45, 7) is 3.83. The molecule has 1 saturated carbocycles. The summed E-state index contributed by atoms with van der Waals surface area (Å²) < 4.78 is 2.03. The molecule has 144 valence electrons. The van der Waals surface area contributed by atoms with Crippen LogP contribution in [0.2, 0.25) is 0 Å². The van der Waals surface area contributed by atoms with Gasteiger partial charge in [0.15, 0.2) is 0 Å². The highest BCUT2D eigenvalue weighted by Crippen LogP contribution is 2.37. The van der Waals surface area contributed by atoms with Gasteiger partial charge in [0, 0.05) is 45.3 Å². The van der Waals surface area contributed by atoms with Gasteiger partial charge in [0.25, 0.3) is 0 Å². The molecule has 3 aliphatic rings. The van der Waals surface area contributed by atoms with Crippen LogP contribution in [0.1, 0.15) is 38.5 Å². The number of rotatable bonds is 2. The molecule has 2 aromatic rings. The number of hydrogen-bond acceptors (Lipinski definition) is 4. The first-order chi connectivity index (χ1) is 13.2. The van der Waals surface area contributed by atoms with Crippen molar-refractivity contribution in [2.45, 2.75) is 38.5 Å². The molecule has 27 heavy (non-hydrogen) atoms. The highest BCUT2D eigenvalue weighted by molar-refractivity contribution is 5.88. The van der Waals surface area contributed by atoms with Crippen LogP contribution in [-0.4, -0.2) is 51.5 Å². The topological polar surface area (TPSA) is 54.3 Å². The van der Waals surface area contributed by atoms with Crippen LogP contribution in [0.25, 0.3) is 11.0 Å². The van der Waals surface area contributed by atoms with Gasteiger partial charge in [0.1, 0.15) is 17.8 Å². The van der Waals surface area contributed by atoms with E-state index in [1.807, 2.05) is 17.8 Å². The smallest absolute Gasteiger partial charge is 0.225 e. The predicted molar refractivity (Wildman–Crippen MR) is 105 cm³/mol. The summed E-state index contributed by atoms with van der Waals surface area (Å²) >= 11 is 0. The first-order valence-corrected chi connectivity index (χ1v) is 10.5. The summed E-state index contributed by atoms with van der Waals surface area (Å²) in [7, 11) is 2.01. The molecule has 2 saturated heterocycles. The quantitative estimate of drug-likeness (QED) is 0.819. The van der Waals surface area contributed by atoms with Crippen molar-refractivity contribution in [1.82, 2.24) is 19.4 Å². The molecule has 2 atom stereocenters. The molecule has 5 rings (SSSR count). The average molecular weight is 367 g/mol. The van der Waals surface area contributed by atoms with Crippen molar-refractivity contribution in [1.29, 1.82) is 0 Å². The molecule has 0 radical (unpaired) electrons. The van der Waals surface area contributed by atoms with Gasteiger partial charge in [-0.05, 0) is 43.6 Å². The van der Waals surface area contributed by atoms with Gasteiger partial charge in [0.05, 0.1) is 5.39 Å². The lowest BCUT2D eigenvalue weighted by Crippen LogP contribution is -2.42. The first kappa shape index (κ1) is 17.0. The van der Waals surface area contributed by atoms with Gasteiger partial charge in [-0.25, -0.2) is 9.97 Å². The van der Waals surface area contributed by atoms with E-state index in [9.17, 15) is 4.79 Å². The third kappa shape index (κ3) is 2.99. The van der Waals surface area contributed by atoms with Crippen LogP contribution >= 0.6 is 0 Å². The lowest BCUT2D eigenvalue weighted by Gasteiger charge is -2.34. The Morgan fingerprint density at radius 3 is 2.44 bits per heavy atom. The van der Waals surface area contributed by atoms with Crippen molar-refractivity contribution in [3.05, 3.63) is 18.6 Å². The van der Waals surface area contributed by atoms with Crippen molar-refractivity contribution >= 4 is 22.8 Å².